The van der Waals surface area contributed by atoms with Crippen LogP contribution >= 0.6 is 0 Å². The third kappa shape index (κ3) is 2.23. The molecule has 2 heterocycles. The Bertz CT molecular complexity index is 383. The van der Waals surface area contributed by atoms with Crippen LogP contribution in [0.5, 0.6) is 0 Å². The van der Waals surface area contributed by atoms with Gasteiger partial charge in [0.15, 0.2) is 5.76 Å². The summed E-state index contributed by atoms with van der Waals surface area (Å²) in [7, 11) is 0. The molecule has 1 aliphatic rings. The Morgan fingerprint density at radius 3 is 2.75 bits per heavy atom. The zero-order chi connectivity index (χ0) is 11.7. The summed E-state index contributed by atoms with van der Waals surface area (Å²) < 4.78 is 29.3. The first-order chi connectivity index (χ1) is 7.56. The van der Waals surface area contributed by atoms with Crippen LogP contribution in [0, 0.1) is 12.8 Å². The second kappa shape index (κ2) is 4.23. The number of hydrogen-bond acceptors (Lipinski definition) is 2. The fourth-order valence-electron chi connectivity index (χ4n) is 1.84. The van der Waals surface area contributed by atoms with Gasteiger partial charge >= 0.3 is 0 Å². The number of carbonyl (C=O) groups is 1. The Hall–Kier alpha value is -1.39. The average Bonchev–Trinajstić information content (AvgIpc) is 2.56. The van der Waals surface area contributed by atoms with Crippen LogP contribution in [-0.2, 0) is 0 Å². The van der Waals surface area contributed by atoms with Crippen molar-refractivity contribution in [2.75, 3.05) is 13.1 Å². The zero-order valence-electron chi connectivity index (χ0n) is 8.95. The molecular weight excluding hydrogens is 216 g/mol. The number of aryl methyl sites for hydroxylation is 1. The molecule has 1 amide bonds. The Morgan fingerprint density at radius 1 is 1.56 bits per heavy atom. The predicted molar refractivity (Wildman–Crippen MR) is 53.5 cm³/mol. The van der Waals surface area contributed by atoms with Gasteiger partial charge in [0.05, 0.1) is 0 Å². The lowest BCUT2D eigenvalue weighted by molar-refractivity contribution is 0.0257. The highest BCUT2D eigenvalue weighted by atomic mass is 19.3. The molecule has 1 aliphatic heterocycles. The standard InChI is InChI=1S/C11H13F2NO2/c1-7-2-3-9(16-7)11(15)14-5-8(6-14)4-10(12)13/h2-3,8,10H,4-6H2,1H3. The molecule has 0 radical (unpaired) electrons. The molecule has 1 fully saturated rings. The van der Waals surface area contributed by atoms with Crippen molar-refractivity contribution in [3.63, 3.8) is 0 Å². The van der Waals surface area contributed by atoms with Crippen LogP contribution in [0.25, 0.3) is 0 Å². The van der Waals surface area contributed by atoms with Gasteiger partial charge in [-0.25, -0.2) is 8.78 Å². The van der Waals surface area contributed by atoms with Crippen molar-refractivity contribution in [1.82, 2.24) is 4.90 Å². The van der Waals surface area contributed by atoms with Crippen LogP contribution < -0.4 is 0 Å². The highest BCUT2D eigenvalue weighted by Crippen LogP contribution is 2.24. The molecule has 0 bridgehead atoms. The van der Waals surface area contributed by atoms with Crippen LogP contribution in [0.1, 0.15) is 22.7 Å². The summed E-state index contributed by atoms with van der Waals surface area (Å²) >= 11 is 0. The van der Waals surface area contributed by atoms with E-state index >= 15 is 0 Å². The van der Waals surface area contributed by atoms with Crippen LogP contribution in [0.2, 0.25) is 0 Å². The maximum atomic E-state index is 12.0. The van der Waals surface area contributed by atoms with Crippen molar-refractivity contribution >= 4 is 5.91 Å². The number of furan rings is 1. The van der Waals surface area contributed by atoms with Gasteiger partial charge in [-0.05, 0) is 25.0 Å². The summed E-state index contributed by atoms with van der Waals surface area (Å²) in [4.78, 5) is 13.2. The Morgan fingerprint density at radius 2 is 2.25 bits per heavy atom. The molecule has 0 saturated carbocycles. The number of carbonyl (C=O) groups excluding carboxylic acids is 1. The fourth-order valence-corrected chi connectivity index (χ4v) is 1.84. The Balaban J connectivity index is 1.86. The fraction of sp³-hybridized carbons (Fsp3) is 0.545. The molecule has 3 nitrogen and oxygen atoms in total. The van der Waals surface area contributed by atoms with Gasteiger partial charge in [-0.15, -0.1) is 0 Å². The highest BCUT2D eigenvalue weighted by molar-refractivity contribution is 5.92. The molecule has 0 unspecified atom stereocenters. The van der Waals surface area contributed by atoms with E-state index in [-0.39, 0.29) is 24.0 Å². The summed E-state index contributed by atoms with van der Waals surface area (Å²) in [5.41, 5.74) is 0. The molecule has 0 spiro atoms. The van der Waals surface area contributed by atoms with Gasteiger partial charge < -0.3 is 9.32 Å². The topological polar surface area (TPSA) is 33.5 Å². The molecule has 16 heavy (non-hydrogen) atoms. The molecule has 1 aromatic heterocycles. The van der Waals surface area contributed by atoms with E-state index in [4.69, 9.17) is 4.42 Å². The van der Waals surface area contributed by atoms with Gasteiger partial charge in [-0.3, -0.25) is 4.79 Å². The van der Waals surface area contributed by atoms with Crippen LogP contribution in [-0.4, -0.2) is 30.3 Å². The lowest BCUT2D eigenvalue weighted by Gasteiger charge is -2.38. The minimum absolute atomic E-state index is 0.0694. The first kappa shape index (κ1) is 11.1. The van der Waals surface area contributed by atoms with Crippen molar-refractivity contribution in [2.24, 2.45) is 5.92 Å². The largest absolute Gasteiger partial charge is 0.456 e. The third-order valence-corrected chi connectivity index (χ3v) is 2.71. The van der Waals surface area contributed by atoms with E-state index in [1.807, 2.05) is 0 Å². The van der Waals surface area contributed by atoms with Crippen LogP contribution in [0.15, 0.2) is 16.5 Å². The minimum Gasteiger partial charge on any atom is -0.456 e. The first-order valence-electron chi connectivity index (χ1n) is 5.20. The normalized spacial score (nSPS) is 16.6. The first-order valence-corrected chi connectivity index (χ1v) is 5.20. The lowest BCUT2D eigenvalue weighted by Crippen LogP contribution is -2.50. The second-order valence-corrected chi connectivity index (χ2v) is 4.11. The summed E-state index contributed by atoms with van der Waals surface area (Å²) in [6, 6.07) is 3.32. The smallest absolute Gasteiger partial charge is 0.289 e. The van der Waals surface area contributed by atoms with Gasteiger partial charge in [-0.2, -0.15) is 0 Å². The maximum Gasteiger partial charge on any atom is 0.289 e. The van der Waals surface area contributed by atoms with E-state index in [0.717, 1.165) is 0 Å². The van der Waals surface area contributed by atoms with Gasteiger partial charge in [0, 0.05) is 19.5 Å². The van der Waals surface area contributed by atoms with E-state index < -0.39 is 6.43 Å². The molecule has 1 saturated heterocycles. The Labute approximate surface area is 92.0 Å². The summed E-state index contributed by atoms with van der Waals surface area (Å²) in [6.07, 6.45) is -2.41. The molecule has 88 valence electrons. The number of amides is 1. The van der Waals surface area contributed by atoms with E-state index in [1.165, 1.54) is 4.90 Å². The van der Waals surface area contributed by atoms with Gasteiger partial charge in [0.2, 0.25) is 6.43 Å². The molecule has 1 aromatic rings. The monoisotopic (exact) mass is 229 g/mol. The Kier molecular flexibility index (Phi) is 2.94. The molecule has 0 atom stereocenters. The molecule has 0 aromatic carbocycles. The molecule has 0 aliphatic carbocycles. The molecule has 0 N–H and O–H groups in total. The number of likely N-dealkylation sites (tertiary alicyclic amines) is 1. The average molecular weight is 229 g/mol. The van der Waals surface area contributed by atoms with Crippen molar-refractivity contribution < 1.29 is 18.0 Å². The van der Waals surface area contributed by atoms with E-state index in [2.05, 4.69) is 0 Å². The van der Waals surface area contributed by atoms with Crippen molar-refractivity contribution in [2.45, 2.75) is 19.8 Å². The summed E-state index contributed by atoms with van der Waals surface area (Å²) in [6.45, 7) is 2.57. The number of alkyl halides is 2. The third-order valence-electron chi connectivity index (χ3n) is 2.71. The van der Waals surface area contributed by atoms with Crippen molar-refractivity contribution in [3.05, 3.63) is 23.7 Å². The van der Waals surface area contributed by atoms with Gasteiger partial charge in [0.1, 0.15) is 5.76 Å². The predicted octanol–water partition coefficient (Wildman–Crippen LogP) is 2.32. The minimum atomic E-state index is -2.28. The number of nitrogens with zero attached hydrogens (tertiary/aromatic N) is 1. The quantitative estimate of drug-likeness (QED) is 0.796. The maximum absolute atomic E-state index is 12.0. The van der Waals surface area contributed by atoms with Crippen molar-refractivity contribution in [1.29, 1.82) is 0 Å². The van der Waals surface area contributed by atoms with Crippen LogP contribution in [0.4, 0.5) is 8.78 Å². The van der Waals surface area contributed by atoms with Crippen molar-refractivity contribution in [3.8, 4) is 0 Å². The zero-order valence-corrected chi connectivity index (χ0v) is 8.95. The summed E-state index contributed by atoms with van der Waals surface area (Å²) in [5, 5.41) is 0. The number of hydrogen-bond donors (Lipinski definition) is 0. The lowest BCUT2D eigenvalue weighted by atomic mass is 9.96. The molecular formula is C11H13F2NO2. The second-order valence-electron chi connectivity index (χ2n) is 4.11. The van der Waals surface area contributed by atoms with E-state index in [0.29, 0.717) is 18.8 Å². The van der Waals surface area contributed by atoms with Gasteiger partial charge in [-0.1, -0.05) is 0 Å². The van der Waals surface area contributed by atoms with Crippen LogP contribution in [0.3, 0.4) is 0 Å². The van der Waals surface area contributed by atoms with E-state index in [9.17, 15) is 13.6 Å². The molecule has 2 rings (SSSR count). The SMILES string of the molecule is Cc1ccc(C(=O)N2CC(CC(F)F)C2)o1. The molecule has 5 heteroatoms. The van der Waals surface area contributed by atoms with Gasteiger partial charge in [0.25, 0.3) is 5.91 Å². The summed E-state index contributed by atoms with van der Waals surface area (Å²) in [5.74, 6) is 0.680. The highest BCUT2D eigenvalue weighted by Gasteiger charge is 2.33. The van der Waals surface area contributed by atoms with E-state index in [1.54, 1.807) is 19.1 Å². The number of rotatable bonds is 3. The number of halogens is 2.